The van der Waals surface area contributed by atoms with Crippen molar-refractivity contribution in [2.75, 3.05) is 20.2 Å². The van der Waals surface area contributed by atoms with Gasteiger partial charge in [0.05, 0.1) is 5.60 Å². The monoisotopic (exact) mass is 310 g/mol. The molecular formula is C16H26N2O4. The van der Waals surface area contributed by atoms with Crippen molar-refractivity contribution in [1.82, 2.24) is 9.80 Å². The summed E-state index contributed by atoms with van der Waals surface area (Å²) in [4.78, 5) is 27.8. The number of morpholine rings is 1. The summed E-state index contributed by atoms with van der Waals surface area (Å²) in [7, 11) is 1.83. The van der Waals surface area contributed by atoms with Gasteiger partial charge in [0, 0.05) is 25.7 Å². The van der Waals surface area contributed by atoms with Crippen molar-refractivity contribution < 1.29 is 19.1 Å². The van der Waals surface area contributed by atoms with E-state index in [0.29, 0.717) is 6.54 Å². The normalized spacial score (nSPS) is 35.2. The zero-order valence-electron chi connectivity index (χ0n) is 13.9. The van der Waals surface area contributed by atoms with E-state index in [9.17, 15) is 9.59 Å². The van der Waals surface area contributed by atoms with Crippen molar-refractivity contribution in [3.05, 3.63) is 0 Å². The van der Waals surface area contributed by atoms with Crippen LogP contribution >= 0.6 is 0 Å². The fourth-order valence-electron chi connectivity index (χ4n) is 4.05. The molecule has 3 saturated heterocycles. The van der Waals surface area contributed by atoms with Crippen LogP contribution in [0.2, 0.25) is 0 Å². The van der Waals surface area contributed by atoms with Crippen LogP contribution in [0.4, 0.5) is 4.79 Å². The number of likely N-dealkylation sites (N-methyl/N-ethyl adjacent to an activating group) is 1. The third-order valence-electron chi connectivity index (χ3n) is 4.89. The number of fused-ring (bicyclic) bond motifs is 2. The zero-order valence-corrected chi connectivity index (χ0v) is 13.9. The van der Waals surface area contributed by atoms with Gasteiger partial charge in [0.2, 0.25) is 5.91 Å². The molecule has 6 heteroatoms. The zero-order chi connectivity index (χ0) is 16.1. The topological polar surface area (TPSA) is 59.1 Å². The third-order valence-corrected chi connectivity index (χ3v) is 4.89. The van der Waals surface area contributed by atoms with Gasteiger partial charge < -0.3 is 19.3 Å². The summed E-state index contributed by atoms with van der Waals surface area (Å²) in [5, 5.41) is 0. The van der Waals surface area contributed by atoms with E-state index in [-0.39, 0.29) is 36.3 Å². The summed E-state index contributed by atoms with van der Waals surface area (Å²) in [6.45, 7) is 6.46. The fraction of sp³-hybridized carbons (Fsp3) is 0.875. The molecular weight excluding hydrogens is 284 g/mol. The Morgan fingerprint density at radius 3 is 2.36 bits per heavy atom. The molecule has 124 valence electrons. The summed E-state index contributed by atoms with van der Waals surface area (Å²) in [6, 6.07) is 0.324. The number of ether oxygens (including phenoxy) is 2. The molecule has 3 heterocycles. The number of piperidine rings is 1. The van der Waals surface area contributed by atoms with Crippen LogP contribution in [0.15, 0.2) is 0 Å². The molecule has 0 saturated carbocycles. The lowest BCUT2D eigenvalue weighted by molar-refractivity contribution is -0.173. The Balaban J connectivity index is 1.72. The van der Waals surface area contributed by atoms with Crippen LogP contribution < -0.4 is 0 Å². The molecule has 6 nitrogen and oxygen atoms in total. The molecule has 0 aromatic heterocycles. The Kier molecular flexibility index (Phi) is 3.62. The predicted octanol–water partition coefficient (Wildman–Crippen LogP) is 1.78. The minimum absolute atomic E-state index is 0.0348. The summed E-state index contributed by atoms with van der Waals surface area (Å²) in [6.07, 6.45) is 3.36. The second-order valence-corrected chi connectivity index (χ2v) is 7.90. The fourth-order valence-corrected chi connectivity index (χ4v) is 4.05. The molecule has 0 aromatic carbocycles. The molecule has 3 atom stereocenters. The van der Waals surface area contributed by atoms with E-state index in [1.807, 2.05) is 32.7 Å². The second-order valence-electron chi connectivity index (χ2n) is 7.90. The smallest absolute Gasteiger partial charge is 0.410 e. The molecule has 3 fully saturated rings. The van der Waals surface area contributed by atoms with Crippen molar-refractivity contribution in [3.8, 4) is 0 Å². The Morgan fingerprint density at radius 1 is 1.27 bits per heavy atom. The van der Waals surface area contributed by atoms with Gasteiger partial charge in [-0.15, -0.1) is 0 Å². The van der Waals surface area contributed by atoms with Gasteiger partial charge in [0.1, 0.15) is 12.2 Å². The van der Waals surface area contributed by atoms with Gasteiger partial charge in [-0.05, 0) is 46.5 Å². The summed E-state index contributed by atoms with van der Waals surface area (Å²) < 4.78 is 11.5. The number of hydrogen-bond donors (Lipinski definition) is 0. The largest absolute Gasteiger partial charge is 0.444 e. The van der Waals surface area contributed by atoms with Crippen LogP contribution in [0, 0.1) is 0 Å². The highest BCUT2D eigenvalue weighted by atomic mass is 16.6. The summed E-state index contributed by atoms with van der Waals surface area (Å²) in [5.41, 5.74) is -0.757. The number of nitrogens with zero attached hydrogens (tertiary/aromatic N) is 2. The van der Waals surface area contributed by atoms with Crippen LogP contribution in [0.25, 0.3) is 0 Å². The first-order valence-corrected chi connectivity index (χ1v) is 8.08. The van der Waals surface area contributed by atoms with E-state index in [4.69, 9.17) is 9.47 Å². The second kappa shape index (κ2) is 5.11. The maximum Gasteiger partial charge on any atom is 0.410 e. The Labute approximate surface area is 131 Å². The Morgan fingerprint density at radius 2 is 1.86 bits per heavy atom. The van der Waals surface area contributed by atoms with Crippen LogP contribution in [0.3, 0.4) is 0 Å². The third kappa shape index (κ3) is 2.81. The molecule has 0 aliphatic carbocycles. The van der Waals surface area contributed by atoms with Crippen molar-refractivity contribution >= 4 is 12.0 Å². The molecule has 3 aliphatic heterocycles. The molecule has 1 spiro atoms. The maximum absolute atomic E-state index is 12.5. The predicted molar refractivity (Wildman–Crippen MR) is 80.4 cm³/mol. The SMILES string of the molecule is CN1CC2(C[C@H]3CC[C@@H](C2)N3C(=O)OC(C)(C)C)OCC1=O. The van der Waals surface area contributed by atoms with E-state index < -0.39 is 5.60 Å². The molecule has 0 radical (unpaired) electrons. The minimum Gasteiger partial charge on any atom is -0.444 e. The summed E-state index contributed by atoms with van der Waals surface area (Å²) >= 11 is 0. The van der Waals surface area contributed by atoms with E-state index in [1.54, 1.807) is 4.90 Å². The van der Waals surface area contributed by atoms with Crippen molar-refractivity contribution in [2.24, 2.45) is 0 Å². The van der Waals surface area contributed by atoms with E-state index in [2.05, 4.69) is 0 Å². The van der Waals surface area contributed by atoms with Crippen LogP contribution in [-0.2, 0) is 14.3 Å². The van der Waals surface area contributed by atoms with Crippen molar-refractivity contribution in [1.29, 1.82) is 0 Å². The maximum atomic E-state index is 12.5. The van der Waals surface area contributed by atoms with Gasteiger partial charge in [-0.25, -0.2) is 4.79 Å². The standard InChI is InChI=1S/C16H26N2O4/c1-15(2,3)22-14(20)18-11-5-6-12(18)8-16(7-11)10-17(4)13(19)9-21-16/h11-12H,5-10H2,1-4H3/t11-,12+,16?. The number of hydrogen-bond acceptors (Lipinski definition) is 4. The van der Waals surface area contributed by atoms with E-state index in [0.717, 1.165) is 25.7 Å². The van der Waals surface area contributed by atoms with Crippen LogP contribution in [0.5, 0.6) is 0 Å². The lowest BCUT2D eigenvalue weighted by Gasteiger charge is -2.49. The minimum atomic E-state index is -0.473. The van der Waals surface area contributed by atoms with Gasteiger partial charge in [-0.1, -0.05) is 0 Å². The van der Waals surface area contributed by atoms with Gasteiger partial charge in [-0.3, -0.25) is 4.79 Å². The quantitative estimate of drug-likeness (QED) is 0.684. The molecule has 0 aromatic rings. The first-order chi connectivity index (χ1) is 10.2. The molecule has 22 heavy (non-hydrogen) atoms. The average Bonchev–Trinajstić information content (AvgIpc) is 2.66. The highest BCUT2D eigenvalue weighted by molar-refractivity contribution is 5.78. The van der Waals surface area contributed by atoms with Gasteiger partial charge in [0.15, 0.2) is 0 Å². The Bertz CT molecular complexity index is 471. The van der Waals surface area contributed by atoms with E-state index >= 15 is 0 Å². The van der Waals surface area contributed by atoms with Gasteiger partial charge in [0.25, 0.3) is 0 Å². The lowest BCUT2D eigenvalue weighted by atomic mass is 9.84. The first-order valence-electron chi connectivity index (χ1n) is 8.08. The van der Waals surface area contributed by atoms with Crippen molar-refractivity contribution in [3.63, 3.8) is 0 Å². The van der Waals surface area contributed by atoms with Crippen LogP contribution in [-0.4, -0.2) is 65.3 Å². The molecule has 2 bridgehead atoms. The molecule has 2 amide bonds. The first kappa shape index (κ1) is 15.6. The van der Waals surface area contributed by atoms with Crippen LogP contribution in [0.1, 0.15) is 46.5 Å². The number of carbonyl (C=O) groups excluding carboxylic acids is 2. The van der Waals surface area contributed by atoms with E-state index in [1.165, 1.54) is 0 Å². The molecule has 3 aliphatic rings. The lowest BCUT2D eigenvalue weighted by Crippen LogP contribution is -2.61. The molecule has 3 rings (SSSR count). The van der Waals surface area contributed by atoms with Crippen molar-refractivity contribution in [2.45, 2.75) is 69.7 Å². The number of carbonyl (C=O) groups is 2. The highest BCUT2D eigenvalue weighted by Gasteiger charge is 2.53. The highest BCUT2D eigenvalue weighted by Crippen LogP contribution is 2.44. The number of rotatable bonds is 0. The Hall–Kier alpha value is -1.30. The average molecular weight is 310 g/mol. The molecule has 0 N–H and O–H groups in total. The summed E-state index contributed by atoms with van der Waals surface area (Å²) in [5.74, 6) is 0.0348. The van der Waals surface area contributed by atoms with Gasteiger partial charge in [-0.2, -0.15) is 0 Å². The number of amides is 2. The molecule has 1 unspecified atom stereocenters. The van der Waals surface area contributed by atoms with Gasteiger partial charge >= 0.3 is 6.09 Å².